The van der Waals surface area contributed by atoms with E-state index < -0.39 is 0 Å². The van der Waals surface area contributed by atoms with Gasteiger partial charge in [0.05, 0.1) is 5.60 Å². The van der Waals surface area contributed by atoms with Gasteiger partial charge in [-0.25, -0.2) is 0 Å². The molecule has 0 N–H and O–H groups in total. The molecule has 0 rings (SSSR count). The van der Waals surface area contributed by atoms with E-state index in [4.69, 9.17) is 4.74 Å². The minimum Gasteiger partial charge on any atom is -0.376 e. The molecule has 0 aliphatic rings. The van der Waals surface area contributed by atoms with Crippen LogP contribution in [0.5, 0.6) is 0 Å². The van der Waals surface area contributed by atoms with Gasteiger partial charge < -0.3 is 4.74 Å². The minimum absolute atomic E-state index is 0. The number of ether oxygens (including phenoxy) is 1. The Balaban J connectivity index is 0. The summed E-state index contributed by atoms with van der Waals surface area (Å²) in [7, 11) is 0. The summed E-state index contributed by atoms with van der Waals surface area (Å²) in [6, 6.07) is 0. The van der Waals surface area contributed by atoms with Crippen molar-refractivity contribution in [3.8, 4) is 0 Å². The summed E-state index contributed by atoms with van der Waals surface area (Å²) in [5.74, 6) is 0. The van der Waals surface area contributed by atoms with Crippen molar-refractivity contribution in [2.75, 3.05) is 6.61 Å². The first-order chi connectivity index (χ1) is 3.06. The largest absolute Gasteiger partial charge is 0.376 e. The molecule has 0 aliphatic heterocycles. The normalized spacial score (nSPS) is 10.5. The van der Waals surface area contributed by atoms with E-state index in [-0.39, 0.29) is 25.1 Å². The summed E-state index contributed by atoms with van der Waals surface area (Å²) < 4.78 is 5.23. The molecule has 0 fully saturated rings. The summed E-state index contributed by atoms with van der Waals surface area (Å²) in [5.41, 5.74) is 0.0503. The molecule has 0 aromatic heterocycles. The zero-order valence-electron chi connectivity index (χ0n) is 6.32. The van der Waals surface area contributed by atoms with Crippen LogP contribution in [0.1, 0.15) is 27.7 Å². The third-order valence-electron chi connectivity index (χ3n) is 0.577. The quantitative estimate of drug-likeness (QED) is 0.542. The van der Waals surface area contributed by atoms with Crippen molar-refractivity contribution in [3.05, 3.63) is 0 Å². The first-order valence-corrected chi connectivity index (χ1v) is 2.70. The Kier molecular flexibility index (Phi) is 6.35. The Bertz CT molecular complexity index is 47.0. The van der Waals surface area contributed by atoms with E-state index in [1.807, 2.05) is 6.92 Å². The molecule has 0 unspecified atom stereocenters. The summed E-state index contributed by atoms with van der Waals surface area (Å²) in [4.78, 5) is 0. The van der Waals surface area contributed by atoms with Crippen LogP contribution in [0, 0.1) is 0 Å². The monoisotopic (exact) mass is 166 g/mol. The van der Waals surface area contributed by atoms with Crippen LogP contribution in [0.2, 0.25) is 0 Å². The van der Waals surface area contributed by atoms with E-state index in [2.05, 4.69) is 20.8 Å². The van der Waals surface area contributed by atoms with Gasteiger partial charge in [-0.3, -0.25) is 0 Å². The van der Waals surface area contributed by atoms with Gasteiger partial charge in [-0.1, -0.05) is 0 Å². The molecule has 2 heteroatoms. The molecular weight excluding hydrogens is 153 g/mol. The molecule has 0 amide bonds. The Morgan fingerprint density at radius 3 is 1.62 bits per heavy atom. The molecule has 0 spiro atoms. The van der Waals surface area contributed by atoms with Crippen LogP contribution in [-0.2, 0) is 24.2 Å². The SMILES string of the molecule is CCOC(C)(C)C.[Zn]. The van der Waals surface area contributed by atoms with Crippen LogP contribution < -0.4 is 0 Å². The summed E-state index contributed by atoms with van der Waals surface area (Å²) in [5, 5.41) is 0. The predicted octanol–water partition coefficient (Wildman–Crippen LogP) is 1.82. The Morgan fingerprint density at radius 2 is 1.62 bits per heavy atom. The molecule has 0 atom stereocenters. The predicted molar refractivity (Wildman–Crippen MR) is 31.4 cm³/mol. The van der Waals surface area contributed by atoms with Crippen molar-refractivity contribution < 1.29 is 24.2 Å². The van der Waals surface area contributed by atoms with E-state index in [1.165, 1.54) is 0 Å². The molecule has 0 aromatic rings. The fourth-order valence-electron chi connectivity index (χ4n) is 0.433. The van der Waals surface area contributed by atoms with Crippen LogP contribution in [0.15, 0.2) is 0 Å². The van der Waals surface area contributed by atoms with Gasteiger partial charge in [0.25, 0.3) is 0 Å². The van der Waals surface area contributed by atoms with Crippen molar-refractivity contribution in [3.63, 3.8) is 0 Å². The fraction of sp³-hybridized carbons (Fsp3) is 1.00. The van der Waals surface area contributed by atoms with Crippen LogP contribution in [-0.4, -0.2) is 12.2 Å². The van der Waals surface area contributed by atoms with E-state index >= 15 is 0 Å². The zero-order valence-corrected chi connectivity index (χ0v) is 9.29. The third kappa shape index (κ3) is 9.77. The Hall–Kier alpha value is 0.583. The summed E-state index contributed by atoms with van der Waals surface area (Å²) >= 11 is 0. The van der Waals surface area contributed by atoms with Crippen molar-refractivity contribution >= 4 is 0 Å². The van der Waals surface area contributed by atoms with Gasteiger partial charge in [0.2, 0.25) is 0 Å². The van der Waals surface area contributed by atoms with Crippen molar-refractivity contribution in [1.82, 2.24) is 0 Å². The summed E-state index contributed by atoms with van der Waals surface area (Å²) in [6.07, 6.45) is 0. The first kappa shape index (κ1) is 11.4. The van der Waals surface area contributed by atoms with Gasteiger partial charge in [-0.2, -0.15) is 0 Å². The molecule has 1 nitrogen and oxygen atoms in total. The Labute approximate surface area is 64.6 Å². The smallest absolute Gasteiger partial charge is 0.0598 e. The third-order valence-corrected chi connectivity index (χ3v) is 0.577. The fourth-order valence-corrected chi connectivity index (χ4v) is 0.433. The molecule has 0 aromatic carbocycles. The Morgan fingerprint density at radius 1 is 1.25 bits per heavy atom. The van der Waals surface area contributed by atoms with E-state index in [1.54, 1.807) is 0 Å². The standard InChI is InChI=1S/C6H14O.Zn/c1-5-7-6(2,3)4;/h5H2,1-4H3;. The van der Waals surface area contributed by atoms with Gasteiger partial charge in [0, 0.05) is 26.1 Å². The average Bonchev–Trinajstić information content (AvgIpc) is 1.30. The molecule has 0 bridgehead atoms. The molecule has 0 saturated carbocycles. The zero-order chi connectivity index (χ0) is 5.91. The maximum Gasteiger partial charge on any atom is 0.0598 e. The maximum atomic E-state index is 5.23. The van der Waals surface area contributed by atoms with E-state index in [0.717, 1.165) is 6.61 Å². The molecule has 46 valence electrons. The topological polar surface area (TPSA) is 9.23 Å². The van der Waals surface area contributed by atoms with Gasteiger partial charge in [0.15, 0.2) is 0 Å². The maximum absolute atomic E-state index is 5.23. The van der Waals surface area contributed by atoms with Gasteiger partial charge in [0.1, 0.15) is 0 Å². The van der Waals surface area contributed by atoms with E-state index in [0.29, 0.717) is 0 Å². The number of hydrogen-bond acceptors (Lipinski definition) is 1. The number of hydrogen-bond donors (Lipinski definition) is 0. The molecule has 0 radical (unpaired) electrons. The minimum atomic E-state index is 0. The second-order valence-corrected chi connectivity index (χ2v) is 2.55. The summed E-state index contributed by atoms with van der Waals surface area (Å²) in [6.45, 7) is 8.97. The van der Waals surface area contributed by atoms with Gasteiger partial charge in [-0.15, -0.1) is 0 Å². The molecule has 8 heavy (non-hydrogen) atoms. The van der Waals surface area contributed by atoms with Crippen LogP contribution in [0.4, 0.5) is 0 Å². The van der Waals surface area contributed by atoms with Crippen LogP contribution in [0.25, 0.3) is 0 Å². The second-order valence-electron chi connectivity index (χ2n) is 2.55. The van der Waals surface area contributed by atoms with E-state index in [9.17, 15) is 0 Å². The van der Waals surface area contributed by atoms with Crippen LogP contribution >= 0.6 is 0 Å². The van der Waals surface area contributed by atoms with Crippen molar-refractivity contribution in [2.45, 2.75) is 33.3 Å². The first-order valence-electron chi connectivity index (χ1n) is 2.70. The van der Waals surface area contributed by atoms with Crippen LogP contribution in [0.3, 0.4) is 0 Å². The molecular formula is C6H14OZn. The number of rotatable bonds is 1. The van der Waals surface area contributed by atoms with Crippen molar-refractivity contribution in [1.29, 1.82) is 0 Å². The second kappa shape index (κ2) is 4.46. The van der Waals surface area contributed by atoms with Gasteiger partial charge in [-0.05, 0) is 27.7 Å². The average molecular weight is 168 g/mol. The molecule has 0 aliphatic carbocycles. The molecule has 0 saturated heterocycles. The van der Waals surface area contributed by atoms with Crippen molar-refractivity contribution in [2.24, 2.45) is 0 Å². The van der Waals surface area contributed by atoms with Gasteiger partial charge >= 0.3 is 0 Å². The molecule has 0 heterocycles.